The van der Waals surface area contributed by atoms with E-state index in [0.29, 0.717) is 0 Å². The Morgan fingerprint density at radius 1 is 0.816 bits per heavy atom. The van der Waals surface area contributed by atoms with Crippen LogP contribution in [0.25, 0.3) is 11.0 Å². The van der Waals surface area contributed by atoms with Gasteiger partial charge in [0, 0.05) is 38.2 Å². The van der Waals surface area contributed by atoms with Gasteiger partial charge in [-0.05, 0) is 71.8 Å². The molecule has 38 heavy (non-hydrogen) atoms. The number of H-pyrrole nitrogens is 1. The molecule has 1 atom stereocenters. The molecule has 1 aliphatic rings. The van der Waals surface area contributed by atoms with E-state index in [0.717, 1.165) is 55.9 Å². The molecule has 6 rings (SSSR count). The Labute approximate surface area is 225 Å². The summed E-state index contributed by atoms with van der Waals surface area (Å²) in [6.45, 7) is 3.28. The minimum Gasteiger partial charge on any atom is -0.341 e. The summed E-state index contributed by atoms with van der Waals surface area (Å²) in [5.41, 5.74) is 8.54. The lowest BCUT2D eigenvalue weighted by Gasteiger charge is -2.34. The van der Waals surface area contributed by atoms with Crippen LogP contribution in [0.2, 0.25) is 0 Å². The Kier molecular flexibility index (Phi) is 8.22. The summed E-state index contributed by atoms with van der Waals surface area (Å²) in [6.07, 6.45) is 9.01. The van der Waals surface area contributed by atoms with E-state index in [9.17, 15) is 0 Å². The maximum Gasteiger partial charge on any atom is 0.121 e. The number of nitrogens with zero attached hydrogens (tertiary/aromatic N) is 4. The average molecular weight is 505 g/mol. The predicted molar refractivity (Wildman–Crippen MR) is 153 cm³/mol. The number of pyridine rings is 2. The smallest absolute Gasteiger partial charge is 0.121 e. The summed E-state index contributed by atoms with van der Waals surface area (Å²) in [7, 11) is 0. The molecule has 2 aromatic carbocycles. The third kappa shape index (κ3) is 5.98. The highest BCUT2D eigenvalue weighted by Crippen LogP contribution is 2.34. The van der Waals surface area contributed by atoms with E-state index in [2.05, 4.69) is 74.8 Å². The van der Waals surface area contributed by atoms with E-state index in [-0.39, 0.29) is 13.5 Å². The molecule has 0 saturated heterocycles. The van der Waals surface area contributed by atoms with Crippen LogP contribution >= 0.6 is 0 Å². The van der Waals surface area contributed by atoms with Crippen molar-refractivity contribution in [3.8, 4) is 0 Å². The van der Waals surface area contributed by atoms with Gasteiger partial charge in [0.05, 0.1) is 29.3 Å². The number of aromatic amines is 1. The van der Waals surface area contributed by atoms with E-state index in [1.54, 1.807) is 0 Å². The van der Waals surface area contributed by atoms with Gasteiger partial charge < -0.3 is 10.3 Å². The van der Waals surface area contributed by atoms with Crippen LogP contribution in [-0.2, 0) is 32.6 Å². The molecule has 0 aliphatic heterocycles. The number of nitrogens with one attached hydrogen (secondary N) is 2. The van der Waals surface area contributed by atoms with E-state index < -0.39 is 0 Å². The molecule has 0 fully saturated rings. The van der Waals surface area contributed by atoms with Crippen molar-refractivity contribution in [1.29, 1.82) is 0 Å². The molecule has 0 spiro atoms. The molecule has 0 radical (unpaired) electrons. The Morgan fingerprint density at radius 2 is 1.58 bits per heavy atom. The van der Waals surface area contributed by atoms with Crippen LogP contribution in [-0.4, -0.2) is 24.8 Å². The van der Waals surface area contributed by atoms with Gasteiger partial charge in [-0.2, -0.15) is 0 Å². The van der Waals surface area contributed by atoms with Gasteiger partial charge in [-0.25, -0.2) is 4.98 Å². The summed E-state index contributed by atoms with van der Waals surface area (Å²) < 4.78 is 0. The minimum absolute atomic E-state index is 0. The SMILES string of the molecule is C.c1cnc2c(c1)CCCC2N(Cc1ccc(CNCc2ccncc2)cc1)Cc1nc2ccccc2[nH]1. The zero-order valence-corrected chi connectivity index (χ0v) is 21.0. The number of aryl methyl sites for hydroxylation is 1. The second-order valence-electron chi connectivity index (χ2n) is 9.84. The van der Waals surface area contributed by atoms with Gasteiger partial charge in [0.25, 0.3) is 0 Å². The second-order valence-corrected chi connectivity index (χ2v) is 9.84. The van der Waals surface area contributed by atoms with Gasteiger partial charge in [-0.3, -0.25) is 14.9 Å². The van der Waals surface area contributed by atoms with E-state index in [1.165, 1.54) is 34.4 Å². The Hall–Kier alpha value is -3.87. The van der Waals surface area contributed by atoms with Crippen LogP contribution in [0.3, 0.4) is 0 Å². The normalized spacial score (nSPS) is 14.8. The number of benzene rings is 2. The van der Waals surface area contributed by atoms with Crippen molar-refractivity contribution < 1.29 is 0 Å². The molecule has 6 heteroatoms. The summed E-state index contributed by atoms with van der Waals surface area (Å²) in [4.78, 5) is 19.9. The van der Waals surface area contributed by atoms with Gasteiger partial charge >= 0.3 is 0 Å². The largest absolute Gasteiger partial charge is 0.341 e. The molecule has 194 valence electrons. The van der Waals surface area contributed by atoms with Crippen molar-refractivity contribution in [1.82, 2.24) is 30.2 Å². The fraction of sp³-hybridized carbons (Fsp3) is 0.281. The Balaban J connectivity index is 0.00000294. The van der Waals surface area contributed by atoms with Crippen LogP contribution < -0.4 is 5.32 Å². The molecule has 5 aromatic rings. The zero-order chi connectivity index (χ0) is 24.9. The van der Waals surface area contributed by atoms with Gasteiger partial charge in [0.2, 0.25) is 0 Å². The van der Waals surface area contributed by atoms with Gasteiger partial charge in [-0.15, -0.1) is 0 Å². The van der Waals surface area contributed by atoms with Crippen molar-refractivity contribution in [2.75, 3.05) is 0 Å². The summed E-state index contributed by atoms with van der Waals surface area (Å²) in [6, 6.07) is 25.9. The first-order valence-corrected chi connectivity index (χ1v) is 13.1. The van der Waals surface area contributed by atoms with Crippen molar-refractivity contribution in [2.45, 2.75) is 58.9 Å². The quantitative estimate of drug-likeness (QED) is 0.244. The van der Waals surface area contributed by atoms with E-state index in [4.69, 9.17) is 9.97 Å². The van der Waals surface area contributed by atoms with Crippen LogP contribution in [0.1, 0.15) is 60.1 Å². The molecule has 3 aromatic heterocycles. The van der Waals surface area contributed by atoms with Crippen LogP contribution in [0, 0.1) is 0 Å². The standard InChI is InChI=1S/C31H32N6.CH4/c1-2-8-28-27(7-1)35-30(36-28)22-37(29-9-3-5-26-6-4-16-34-31(26)29)21-25-12-10-23(11-13-25)19-33-20-24-14-17-32-18-15-24;/h1-2,4,6-8,10-18,29,33H,3,5,9,19-22H2,(H,35,36);1H4. The Bertz CT molecular complexity index is 1410. The number of fused-ring (bicyclic) bond motifs is 2. The molecule has 6 nitrogen and oxygen atoms in total. The number of hydrogen-bond acceptors (Lipinski definition) is 5. The first-order chi connectivity index (χ1) is 18.3. The maximum absolute atomic E-state index is 4.89. The second kappa shape index (κ2) is 12.1. The molecule has 0 saturated carbocycles. The molecule has 3 heterocycles. The average Bonchev–Trinajstić information content (AvgIpc) is 3.36. The lowest BCUT2D eigenvalue weighted by molar-refractivity contribution is 0.153. The Morgan fingerprint density at radius 3 is 2.39 bits per heavy atom. The monoisotopic (exact) mass is 504 g/mol. The third-order valence-corrected chi connectivity index (χ3v) is 7.21. The van der Waals surface area contributed by atoms with Crippen molar-refractivity contribution in [3.05, 3.63) is 125 Å². The molecule has 1 aliphatic carbocycles. The molecular weight excluding hydrogens is 468 g/mol. The first-order valence-electron chi connectivity index (χ1n) is 13.1. The van der Waals surface area contributed by atoms with Crippen molar-refractivity contribution >= 4 is 11.0 Å². The van der Waals surface area contributed by atoms with Gasteiger partial charge in [0.15, 0.2) is 0 Å². The predicted octanol–water partition coefficient (Wildman–Crippen LogP) is 6.36. The highest BCUT2D eigenvalue weighted by Gasteiger charge is 2.28. The van der Waals surface area contributed by atoms with Gasteiger partial charge in [0.1, 0.15) is 5.82 Å². The van der Waals surface area contributed by atoms with Crippen LogP contribution in [0.5, 0.6) is 0 Å². The number of para-hydroxylation sites is 2. The summed E-state index contributed by atoms with van der Waals surface area (Å²) in [5.74, 6) is 1.00. The number of aromatic nitrogens is 4. The topological polar surface area (TPSA) is 69.7 Å². The lowest BCUT2D eigenvalue weighted by Crippen LogP contribution is -2.31. The van der Waals surface area contributed by atoms with E-state index >= 15 is 0 Å². The molecule has 1 unspecified atom stereocenters. The van der Waals surface area contributed by atoms with Crippen molar-refractivity contribution in [3.63, 3.8) is 0 Å². The fourth-order valence-corrected chi connectivity index (χ4v) is 5.34. The molecule has 0 amide bonds. The molecular formula is C32H36N6. The van der Waals surface area contributed by atoms with Crippen LogP contribution in [0.15, 0.2) is 91.4 Å². The maximum atomic E-state index is 4.89. The minimum atomic E-state index is 0. The fourth-order valence-electron chi connectivity index (χ4n) is 5.34. The molecule has 2 N–H and O–H groups in total. The molecule has 0 bridgehead atoms. The van der Waals surface area contributed by atoms with E-state index in [1.807, 2.05) is 36.8 Å². The summed E-state index contributed by atoms with van der Waals surface area (Å²) in [5, 5.41) is 3.53. The van der Waals surface area contributed by atoms with Crippen LogP contribution in [0.4, 0.5) is 0 Å². The zero-order valence-electron chi connectivity index (χ0n) is 21.0. The lowest BCUT2D eigenvalue weighted by atomic mass is 9.90. The highest BCUT2D eigenvalue weighted by atomic mass is 15.2. The third-order valence-electron chi connectivity index (χ3n) is 7.21. The van der Waals surface area contributed by atoms with Gasteiger partial charge in [-0.1, -0.05) is 49.9 Å². The highest BCUT2D eigenvalue weighted by molar-refractivity contribution is 5.74. The number of hydrogen-bond donors (Lipinski definition) is 2. The summed E-state index contributed by atoms with van der Waals surface area (Å²) >= 11 is 0. The number of imidazole rings is 1. The van der Waals surface area contributed by atoms with Crippen molar-refractivity contribution in [2.24, 2.45) is 0 Å². The first kappa shape index (κ1) is 25.8. The number of rotatable bonds is 9.